The van der Waals surface area contributed by atoms with Gasteiger partial charge in [-0.25, -0.2) is 0 Å². The molecule has 2 heterocycles. The first-order chi connectivity index (χ1) is 17.4. The number of nitrogens with zero attached hydrogens (tertiary/aromatic N) is 4. The number of aromatic nitrogens is 2. The van der Waals surface area contributed by atoms with Crippen LogP contribution in [-0.4, -0.2) is 60.7 Å². The third-order valence-electron chi connectivity index (χ3n) is 5.97. The molecule has 0 aliphatic carbocycles. The van der Waals surface area contributed by atoms with Crippen LogP contribution in [0.2, 0.25) is 0 Å². The van der Waals surface area contributed by atoms with Gasteiger partial charge in [0.15, 0.2) is 0 Å². The van der Waals surface area contributed by atoms with Crippen molar-refractivity contribution in [3.63, 3.8) is 0 Å². The number of piperazine rings is 1. The number of hydrogen-bond acceptors (Lipinski definition) is 6. The number of anilines is 1. The van der Waals surface area contributed by atoms with Crippen LogP contribution in [0.4, 0.5) is 18.9 Å². The summed E-state index contributed by atoms with van der Waals surface area (Å²) in [4.78, 5) is 17.7. The van der Waals surface area contributed by atoms with Gasteiger partial charge in [0, 0.05) is 39.3 Å². The van der Waals surface area contributed by atoms with E-state index < -0.39 is 17.3 Å². The summed E-state index contributed by atoms with van der Waals surface area (Å²) in [6.07, 6.45) is -3.04. The SMILES string of the molecule is CCOCCOc1c(N2CCN(Cc3ccccc3)CC2)cnn(-c2cccc(C(F)(F)F)c2)c1=O. The fraction of sp³-hybridized carbons (Fsp3) is 0.385. The van der Waals surface area contributed by atoms with Crippen molar-refractivity contribution in [3.05, 3.63) is 82.3 Å². The fourth-order valence-electron chi connectivity index (χ4n) is 4.12. The third kappa shape index (κ3) is 6.24. The molecule has 0 saturated carbocycles. The molecule has 36 heavy (non-hydrogen) atoms. The van der Waals surface area contributed by atoms with Crippen LogP contribution in [0.3, 0.4) is 0 Å². The Labute approximate surface area is 207 Å². The highest BCUT2D eigenvalue weighted by Gasteiger charge is 2.31. The van der Waals surface area contributed by atoms with E-state index in [2.05, 4.69) is 22.1 Å². The minimum Gasteiger partial charge on any atom is -0.484 e. The predicted molar refractivity (Wildman–Crippen MR) is 131 cm³/mol. The normalized spacial score (nSPS) is 14.7. The molecule has 0 amide bonds. The van der Waals surface area contributed by atoms with Gasteiger partial charge < -0.3 is 14.4 Å². The summed E-state index contributed by atoms with van der Waals surface area (Å²) in [7, 11) is 0. The van der Waals surface area contributed by atoms with Crippen molar-refractivity contribution < 1.29 is 22.6 Å². The van der Waals surface area contributed by atoms with E-state index in [9.17, 15) is 18.0 Å². The van der Waals surface area contributed by atoms with Crippen molar-refractivity contribution >= 4 is 5.69 Å². The predicted octanol–water partition coefficient (Wildman–Crippen LogP) is 3.99. The quantitative estimate of drug-likeness (QED) is 0.413. The van der Waals surface area contributed by atoms with E-state index in [0.717, 1.165) is 36.4 Å². The summed E-state index contributed by atoms with van der Waals surface area (Å²) in [5, 5.41) is 4.21. The maximum atomic E-state index is 13.4. The zero-order valence-electron chi connectivity index (χ0n) is 20.1. The summed E-state index contributed by atoms with van der Waals surface area (Å²) in [5.41, 5.74) is 0.306. The van der Waals surface area contributed by atoms with Crippen LogP contribution in [0.15, 0.2) is 65.6 Å². The third-order valence-corrected chi connectivity index (χ3v) is 5.97. The molecule has 1 aliphatic rings. The molecular formula is C26H29F3N4O3. The van der Waals surface area contributed by atoms with E-state index in [-0.39, 0.29) is 24.7 Å². The smallest absolute Gasteiger partial charge is 0.416 e. The van der Waals surface area contributed by atoms with E-state index >= 15 is 0 Å². The standard InChI is InChI=1S/C26H29F3N4O3/c1-2-35-15-16-36-24-23(32-13-11-31(12-14-32)19-20-7-4-3-5-8-20)18-30-33(25(24)34)22-10-6-9-21(17-22)26(27,28)29/h3-10,17-18H,2,11-16,19H2,1H3. The Bertz CT molecular complexity index is 1190. The Balaban J connectivity index is 1.57. The first kappa shape index (κ1) is 25.7. The molecule has 192 valence electrons. The Morgan fingerprint density at radius 3 is 2.42 bits per heavy atom. The lowest BCUT2D eigenvalue weighted by atomic mass is 10.2. The molecule has 10 heteroatoms. The zero-order chi connectivity index (χ0) is 25.5. The molecule has 0 N–H and O–H groups in total. The fourth-order valence-corrected chi connectivity index (χ4v) is 4.12. The van der Waals surface area contributed by atoms with Crippen LogP contribution in [0.5, 0.6) is 5.75 Å². The molecular weight excluding hydrogens is 473 g/mol. The van der Waals surface area contributed by atoms with Crippen LogP contribution < -0.4 is 15.2 Å². The highest BCUT2D eigenvalue weighted by molar-refractivity contribution is 5.57. The summed E-state index contributed by atoms with van der Waals surface area (Å²) >= 11 is 0. The minimum absolute atomic E-state index is 0.0173. The minimum atomic E-state index is -4.53. The molecule has 1 aliphatic heterocycles. The van der Waals surface area contributed by atoms with E-state index in [1.165, 1.54) is 23.9 Å². The maximum Gasteiger partial charge on any atom is 0.416 e. The van der Waals surface area contributed by atoms with Gasteiger partial charge in [0.05, 0.1) is 24.1 Å². The molecule has 4 rings (SSSR count). The van der Waals surface area contributed by atoms with Crippen LogP contribution in [0.25, 0.3) is 5.69 Å². The zero-order valence-corrected chi connectivity index (χ0v) is 20.1. The van der Waals surface area contributed by atoms with E-state index in [1.54, 1.807) is 0 Å². The summed E-state index contributed by atoms with van der Waals surface area (Å²) in [6, 6.07) is 14.7. The monoisotopic (exact) mass is 502 g/mol. The van der Waals surface area contributed by atoms with Gasteiger partial charge in [-0.1, -0.05) is 36.4 Å². The number of rotatable bonds is 9. The van der Waals surface area contributed by atoms with Crippen molar-refractivity contribution in [2.45, 2.75) is 19.6 Å². The van der Waals surface area contributed by atoms with Crippen LogP contribution in [0.1, 0.15) is 18.1 Å². The molecule has 1 aromatic heterocycles. The topological polar surface area (TPSA) is 59.8 Å². The van der Waals surface area contributed by atoms with Gasteiger partial charge in [-0.15, -0.1) is 0 Å². The lowest BCUT2D eigenvalue weighted by molar-refractivity contribution is -0.137. The first-order valence-corrected chi connectivity index (χ1v) is 11.9. The molecule has 0 bridgehead atoms. The Morgan fingerprint density at radius 1 is 0.972 bits per heavy atom. The van der Waals surface area contributed by atoms with Crippen LogP contribution in [0, 0.1) is 0 Å². The van der Waals surface area contributed by atoms with Crippen LogP contribution >= 0.6 is 0 Å². The van der Waals surface area contributed by atoms with Crippen molar-refractivity contribution in [1.82, 2.24) is 14.7 Å². The Hall–Kier alpha value is -3.37. The number of halogens is 3. The Kier molecular flexibility index (Phi) is 8.27. The second-order valence-electron chi connectivity index (χ2n) is 8.42. The number of hydrogen-bond donors (Lipinski definition) is 0. The molecule has 7 nitrogen and oxygen atoms in total. The molecule has 3 aromatic rings. The van der Waals surface area contributed by atoms with Crippen molar-refractivity contribution in [2.75, 3.05) is 50.9 Å². The van der Waals surface area contributed by atoms with Gasteiger partial charge >= 0.3 is 11.7 Å². The summed E-state index contributed by atoms with van der Waals surface area (Å²) < 4.78 is 51.8. The summed E-state index contributed by atoms with van der Waals surface area (Å²) in [5.74, 6) is 0.0543. The van der Waals surface area contributed by atoms with Gasteiger partial charge in [0.1, 0.15) is 12.3 Å². The Morgan fingerprint density at radius 2 is 1.72 bits per heavy atom. The molecule has 0 radical (unpaired) electrons. The average Bonchev–Trinajstić information content (AvgIpc) is 2.88. The molecule has 0 unspecified atom stereocenters. The van der Waals surface area contributed by atoms with E-state index in [1.807, 2.05) is 30.0 Å². The molecule has 1 fully saturated rings. The maximum absolute atomic E-state index is 13.4. The highest BCUT2D eigenvalue weighted by atomic mass is 19.4. The number of alkyl halides is 3. The molecule has 0 atom stereocenters. The van der Waals surface area contributed by atoms with Crippen molar-refractivity contribution in [1.29, 1.82) is 0 Å². The highest BCUT2D eigenvalue weighted by Crippen LogP contribution is 2.31. The first-order valence-electron chi connectivity index (χ1n) is 11.9. The largest absolute Gasteiger partial charge is 0.484 e. The molecule has 1 saturated heterocycles. The lowest BCUT2D eigenvalue weighted by Crippen LogP contribution is -2.46. The average molecular weight is 503 g/mol. The lowest BCUT2D eigenvalue weighted by Gasteiger charge is -2.36. The van der Waals surface area contributed by atoms with Crippen molar-refractivity contribution in [2.24, 2.45) is 0 Å². The van der Waals surface area contributed by atoms with Gasteiger partial charge in [0.25, 0.3) is 0 Å². The van der Waals surface area contributed by atoms with Gasteiger partial charge in [-0.05, 0) is 30.7 Å². The van der Waals surface area contributed by atoms with Gasteiger partial charge in [-0.2, -0.15) is 23.0 Å². The van der Waals surface area contributed by atoms with Gasteiger partial charge in [-0.3, -0.25) is 9.69 Å². The van der Waals surface area contributed by atoms with Gasteiger partial charge in [0.2, 0.25) is 5.75 Å². The van der Waals surface area contributed by atoms with Crippen molar-refractivity contribution in [3.8, 4) is 11.4 Å². The summed E-state index contributed by atoms with van der Waals surface area (Å²) in [6.45, 7) is 6.49. The molecule has 2 aromatic carbocycles. The second kappa shape index (κ2) is 11.6. The number of benzene rings is 2. The van der Waals surface area contributed by atoms with E-state index in [0.29, 0.717) is 25.4 Å². The molecule has 0 spiro atoms. The second-order valence-corrected chi connectivity index (χ2v) is 8.42. The van der Waals surface area contributed by atoms with E-state index in [4.69, 9.17) is 9.47 Å². The van der Waals surface area contributed by atoms with Crippen LogP contribution in [-0.2, 0) is 17.5 Å². The number of ether oxygens (including phenoxy) is 2.